The van der Waals surface area contributed by atoms with E-state index in [0.717, 1.165) is 37.3 Å². The molecular weight excluding hydrogens is 525 g/mol. The van der Waals surface area contributed by atoms with Crippen LogP contribution in [0.3, 0.4) is 0 Å². The van der Waals surface area contributed by atoms with Crippen molar-refractivity contribution in [1.82, 2.24) is 29.9 Å². The monoisotopic (exact) mass is 556 g/mol. The molecule has 13 heteroatoms. The lowest BCUT2D eigenvalue weighted by Crippen LogP contribution is -2.16. The Balaban J connectivity index is 0.000000230. The molecule has 212 valence electrons. The van der Waals surface area contributed by atoms with Gasteiger partial charge in [-0.2, -0.15) is 10.1 Å². The van der Waals surface area contributed by atoms with Gasteiger partial charge < -0.3 is 14.6 Å². The number of alkyl halides is 3. The quantitative estimate of drug-likeness (QED) is 0.194. The topological polar surface area (TPSA) is 116 Å². The minimum Gasteiger partial charge on any atom is -0.406 e. The van der Waals surface area contributed by atoms with Crippen LogP contribution in [0.15, 0.2) is 76.4 Å². The second kappa shape index (κ2) is 14.6. The van der Waals surface area contributed by atoms with Crippen LogP contribution in [-0.4, -0.2) is 55.6 Å². The van der Waals surface area contributed by atoms with Crippen molar-refractivity contribution in [2.45, 2.75) is 46.5 Å². The number of aryl methyl sites for hydroxylation is 2. The number of nitrogens with zero attached hydrogens (tertiary/aromatic N) is 7. The molecule has 0 bridgehead atoms. The van der Waals surface area contributed by atoms with Gasteiger partial charge in [-0.25, -0.2) is 9.97 Å². The van der Waals surface area contributed by atoms with Crippen LogP contribution < -0.4 is 10.1 Å². The molecule has 4 aromatic rings. The van der Waals surface area contributed by atoms with Gasteiger partial charge in [0.15, 0.2) is 0 Å². The first-order valence-electron chi connectivity index (χ1n) is 12.5. The third-order valence-corrected chi connectivity index (χ3v) is 5.23. The Hall–Kier alpha value is -4.55. The van der Waals surface area contributed by atoms with E-state index in [1.165, 1.54) is 29.8 Å². The molecule has 1 N–H and O–H groups in total. The normalized spacial score (nSPS) is 11.4. The fourth-order valence-electron chi connectivity index (χ4n) is 3.34. The zero-order chi connectivity index (χ0) is 29.0. The number of hydrogen-bond donors (Lipinski definition) is 1. The van der Waals surface area contributed by atoms with Crippen LogP contribution in [-0.2, 0) is 13.0 Å². The maximum atomic E-state index is 12.1. The summed E-state index contributed by atoms with van der Waals surface area (Å²) in [5.74, 6) is 1.12. The van der Waals surface area contributed by atoms with E-state index in [9.17, 15) is 13.2 Å². The Morgan fingerprint density at radius 1 is 1.18 bits per heavy atom. The highest BCUT2D eigenvalue weighted by molar-refractivity contribution is 6.05. The Morgan fingerprint density at radius 3 is 2.58 bits per heavy atom. The van der Waals surface area contributed by atoms with Crippen LogP contribution in [0.25, 0.3) is 11.4 Å². The van der Waals surface area contributed by atoms with E-state index in [4.69, 9.17) is 4.52 Å². The number of rotatable bonds is 10. The summed E-state index contributed by atoms with van der Waals surface area (Å²) in [5, 5.41) is 11.2. The molecule has 40 heavy (non-hydrogen) atoms. The predicted octanol–water partition coefficient (Wildman–Crippen LogP) is 5.76. The molecule has 0 radical (unpaired) electrons. The summed E-state index contributed by atoms with van der Waals surface area (Å²) in [6.07, 6.45) is 4.24. The molecule has 4 rings (SSSR count). The molecule has 0 amide bonds. The zero-order valence-electron chi connectivity index (χ0n) is 22.7. The second-order valence-electron chi connectivity index (χ2n) is 8.67. The third-order valence-electron chi connectivity index (χ3n) is 5.23. The van der Waals surface area contributed by atoms with Crippen molar-refractivity contribution in [2.24, 2.45) is 4.99 Å². The molecule has 0 unspecified atom stereocenters. The molecule has 0 saturated carbocycles. The molecule has 0 aliphatic carbocycles. The van der Waals surface area contributed by atoms with Gasteiger partial charge in [-0.15, -0.1) is 13.2 Å². The number of benzene rings is 1. The van der Waals surface area contributed by atoms with Crippen molar-refractivity contribution >= 4 is 11.5 Å². The molecule has 10 nitrogen and oxygen atoms in total. The molecule has 0 aliphatic rings. The maximum Gasteiger partial charge on any atom is 0.573 e. The summed E-state index contributed by atoms with van der Waals surface area (Å²) in [5.41, 5.74) is 3.35. The summed E-state index contributed by atoms with van der Waals surface area (Å²) < 4.78 is 47.1. The first-order valence-corrected chi connectivity index (χ1v) is 12.5. The SMILES string of the molecule is CCc1ccnc(NCCCn2cncn2)c1.CN=C(C=C(C)C)c1nc(-c2ccc(OC(F)(F)F)cc2)no1. The second-order valence-corrected chi connectivity index (χ2v) is 8.67. The highest BCUT2D eigenvalue weighted by Crippen LogP contribution is 2.25. The average molecular weight is 557 g/mol. The van der Waals surface area contributed by atoms with Crippen LogP contribution in [0.5, 0.6) is 5.75 Å². The number of ether oxygens (including phenoxy) is 1. The molecule has 1 aromatic carbocycles. The number of nitrogens with one attached hydrogen (secondary N) is 1. The fourth-order valence-corrected chi connectivity index (χ4v) is 3.34. The van der Waals surface area contributed by atoms with Crippen molar-refractivity contribution < 1.29 is 22.4 Å². The van der Waals surface area contributed by atoms with E-state index >= 15 is 0 Å². The number of allylic oxidation sites excluding steroid dienone is 2. The van der Waals surface area contributed by atoms with Crippen LogP contribution in [0, 0.1) is 0 Å². The zero-order valence-corrected chi connectivity index (χ0v) is 22.7. The Bertz CT molecular complexity index is 1380. The van der Waals surface area contributed by atoms with Gasteiger partial charge in [0.2, 0.25) is 5.82 Å². The van der Waals surface area contributed by atoms with Gasteiger partial charge in [0.1, 0.15) is 29.9 Å². The van der Waals surface area contributed by atoms with E-state index in [1.807, 2.05) is 30.8 Å². The Kier molecular flexibility index (Phi) is 10.9. The fraction of sp³-hybridized carbons (Fsp3) is 0.333. The van der Waals surface area contributed by atoms with Gasteiger partial charge in [-0.1, -0.05) is 17.7 Å². The third kappa shape index (κ3) is 9.97. The smallest absolute Gasteiger partial charge is 0.406 e. The van der Waals surface area contributed by atoms with Crippen molar-refractivity contribution in [3.05, 3.63) is 78.4 Å². The van der Waals surface area contributed by atoms with Gasteiger partial charge in [0.05, 0.1) is 0 Å². The van der Waals surface area contributed by atoms with Gasteiger partial charge >= 0.3 is 6.36 Å². The van der Waals surface area contributed by atoms with Crippen molar-refractivity contribution in [2.75, 3.05) is 18.9 Å². The standard InChI is InChI=1S/C15H14F3N3O2.C12H17N5/c1-9(2)8-12(19-3)14-20-13(21-23-14)10-4-6-11(7-5-10)22-15(16,17)18;1-2-11-4-6-15-12(8-11)14-5-3-7-17-10-13-9-16-17/h4-8H,1-3H3;4,6,8-10H,2-3,5,7H2,1H3,(H,14,15). The maximum absolute atomic E-state index is 12.1. The minimum absolute atomic E-state index is 0.235. The summed E-state index contributed by atoms with van der Waals surface area (Å²) in [7, 11) is 1.60. The molecule has 0 fully saturated rings. The van der Waals surface area contributed by atoms with Crippen LogP contribution in [0.4, 0.5) is 19.0 Å². The van der Waals surface area contributed by atoms with Crippen molar-refractivity contribution in [1.29, 1.82) is 0 Å². The summed E-state index contributed by atoms with van der Waals surface area (Å²) >= 11 is 0. The highest BCUT2D eigenvalue weighted by Gasteiger charge is 2.31. The highest BCUT2D eigenvalue weighted by atomic mass is 19.4. The van der Waals surface area contributed by atoms with Gasteiger partial charge in [-0.3, -0.25) is 9.67 Å². The van der Waals surface area contributed by atoms with Gasteiger partial charge in [0, 0.05) is 31.9 Å². The molecule has 0 atom stereocenters. The van der Waals surface area contributed by atoms with E-state index in [-0.39, 0.29) is 17.5 Å². The van der Waals surface area contributed by atoms with Gasteiger partial charge in [-0.05, 0) is 74.7 Å². The lowest BCUT2D eigenvalue weighted by Gasteiger charge is -2.08. The average Bonchev–Trinajstić information content (AvgIpc) is 3.63. The summed E-state index contributed by atoms with van der Waals surface area (Å²) in [4.78, 5) is 16.4. The minimum atomic E-state index is -4.72. The lowest BCUT2D eigenvalue weighted by molar-refractivity contribution is -0.274. The molecule has 0 saturated heterocycles. The molecule has 3 heterocycles. The number of aliphatic imine (C=N–C) groups is 1. The Labute approximate surface area is 230 Å². The summed E-state index contributed by atoms with van der Waals surface area (Å²) in [6.45, 7) is 7.72. The first-order chi connectivity index (χ1) is 19.2. The number of anilines is 1. The molecule has 0 aliphatic heterocycles. The van der Waals surface area contributed by atoms with Crippen LogP contribution >= 0.6 is 0 Å². The number of pyridine rings is 1. The predicted molar refractivity (Wildman–Crippen MR) is 145 cm³/mol. The largest absolute Gasteiger partial charge is 0.573 e. The van der Waals surface area contributed by atoms with E-state index in [2.05, 4.69) is 53.2 Å². The van der Waals surface area contributed by atoms with E-state index < -0.39 is 6.36 Å². The van der Waals surface area contributed by atoms with Gasteiger partial charge in [0.25, 0.3) is 5.89 Å². The van der Waals surface area contributed by atoms with Crippen molar-refractivity contribution in [3.8, 4) is 17.1 Å². The van der Waals surface area contributed by atoms with Crippen LogP contribution in [0.2, 0.25) is 0 Å². The molecule has 0 spiro atoms. The molecular formula is C27H31F3N8O2. The number of halogens is 3. The lowest BCUT2D eigenvalue weighted by atomic mass is 10.2. The number of hydrogen-bond acceptors (Lipinski definition) is 9. The molecule has 3 aromatic heterocycles. The van der Waals surface area contributed by atoms with Crippen LogP contribution in [0.1, 0.15) is 38.6 Å². The van der Waals surface area contributed by atoms with E-state index in [1.54, 1.807) is 25.8 Å². The van der Waals surface area contributed by atoms with E-state index in [0.29, 0.717) is 11.3 Å². The Morgan fingerprint density at radius 2 is 1.95 bits per heavy atom. The van der Waals surface area contributed by atoms with Crippen molar-refractivity contribution in [3.63, 3.8) is 0 Å². The summed E-state index contributed by atoms with van der Waals surface area (Å²) in [6, 6.07) is 9.34. The first kappa shape index (κ1) is 30.0. The number of aromatic nitrogens is 6.